The average Bonchev–Trinajstić information content (AvgIpc) is 2.74. The van der Waals surface area contributed by atoms with Crippen molar-refractivity contribution in [2.75, 3.05) is 6.26 Å². The van der Waals surface area contributed by atoms with E-state index in [0.717, 1.165) is 36.1 Å². The molecule has 1 aliphatic carbocycles. The molecule has 4 nitrogen and oxygen atoms in total. The molecule has 22 heavy (non-hydrogen) atoms. The Balaban J connectivity index is 2.26. The zero-order chi connectivity index (χ0) is 16.2. The summed E-state index contributed by atoms with van der Waals surface area (Å²) >= 11 is 1.57. The van der Waals surface area contributed by atoms with Crippen molar-refractivity contribution < 1.29 is 14.7 Å². The van der Waals surface area contributed by atoms with Gasteiger partial charge in [0, 0.05) is 10.5 Å². The van der Waals surface area contributed by atoms with Gasteiger partial charge in [0.05, 0.1) is 0 Å². The molecule has 0 spiro atoms. The Kier molecular flexibility index (Phi) is 5.51. The lowest BCUT2D eigenvalue weighted by Crippen LogP contribution is -2.54. The van der Waals surface area contributed by atoms with Gasteiger partial charge < -0.3 is 10.4 Å². The number of carboxylic acid groups (broad SMARTS) is 1. The van der Waals surface area contributed by atoms with Gasteiger partial charge in [0.25, 0.3) is 5.91 Å². The lowest BCUT2D eigenvalue weighted by molar-refractivity contribution is -0.145. The highest BCUT2D eigenvalue weighted by Gasteiger charge is 2.40. The molecular formula is C17H23NO3S. The third-order valence-electron chi connectivity index (χ3n) is 4.41. The molecule has 1 fully saturated rings. The van der Waals surface area contributed by atoms with Gasteiger partial charge in [-0.2, -0.15) is 0 Å². The van der Waals surface area contributed by atoms with Gasteiger partial charge in [0.15, 0.2) is 0 Å². The van der Waals surface area contributed by atoms with E-state index in [9.17, 15) is 14.7 Å². The lowest BCUT2D eigenvalue weighted by atomic mass is 9.89. The Morgan fingerprint density at radius 1 is 1.18 bits per heavy atom. The van der Waals surface area contributed by atoms with E-state index in [1.807, 2.05) is 31.4 Å². The molecule has 0 bridgehead atoms. The summed E-state index contributed by atoms with van der Waals surface area (Å²) in [6.07, 6.45) is 6.73. The zero-order valence-corrected chi connectivity index (χ0v) is 14.0. The quantitative estimate of drug-likeness (QED) is 0.656. The third-order valence-corrected chi connectivity index (χ3v) is 5.13. The summed E-state index contributed by atoms with van der Waals surface area (Å²) < 4.78 is 0. The Hall–Kier alpha value is -1.49. The van der Waals surface area contributed by atoms with Gasteiger partial charge in [-0.05, 0) is 43.7 Å². The number of carbonyl (C=O) groups is 2. The maximum atomic E-state index is 12.6. The highest BCUT2D eigenvalue weighted by Crippen LogP contribution is 2.28. The fourth-order valence-corrected chi connectivity index (χ4v) is 3.42. The van der Waals surface area contributed by atoms with Crippen molar-refractivity contribution in [3.05, 3.63) is 29.3 Å². The van der Waals surface area contributed by atoms with Gasteiger partial charge in [0.1, 0.15) is 5.54 Å². The maximum Gasteiger partial charge on any atom is 0.329 e. The van der Waals surface area contributed by atoms with Crippen LogP contribution in [-0.2, 0) is 4.79 Å². The summed E-state index contributed by atoms with van der Waals surface area (Å²) in [4.78, 5) is 25.4. The normalized spacial score (nSPS) is 17.5. The molecule has 0 unspecified atom stereocenters. The van der Waals surface area contributed by atoms with Crippen molar-refractivity contribution in [2.24, 2.45) is 0 Å². The first-order valence-corrected chi connectivity index (χ1v) is 8.91. The molecule has 2 N–H and O–H groups in total. The molecule has 1 amide bonds. The minimum absolute atomic E-state index is 0.280. The van der Waals surface area contributed by atoms with Crippen molar-refractivity contribution >= 4 is 23.6 Å². The Morgan fingerprint density at radius 3 is 2.36 bits per heavy atom. The van der Waals surface area contributed by atoms with Crippen molar-refractivity contribution in [1.29, 1.82) is 0 Å². The SMILES string of the molecule is CSc1ccc(C)c(C(=O)NC2(C(=O)O)CCCCCC2)c1. The van der Waals surface area contributed by atoms with Gasteiger partial charge in [-0.1, -0.05) is 31.7 Å². The predicted octanol–water partition coefficient (Wildman–Crippen LogP) is 3.62. The van der Waals surface area contributed by atoms with Crippen molar-refractivity contribution in [3.63, 3.8) is 0 Å². The van der Waals surface area contributed by atoms with Gasteiger partial charge >= 0.3 is 5.97 Å². The molecule has 1 saturated carbocycles. The largest absolute Gasteiger partial charge is 0.480 e. The first-order chi connectivity index (χ1) is 10.5. The van der Waals surface area contributed by atoms with Gasteiger partial charge in [0.2, 0.25) is 0 Å². The topological polar surface area (TPSA) is 66.4 Å². The summed E-state index contributed by atoms with van der Waals surface area (Å²) in [6, 6.07) is 5.71. The molecule has 1 aromatic carbocycles. The van der Waals surface area contributed by atoms with Crippen LogP contribution < -0.4 is 5.32 Å². The number of hydrogen-bond donors (Lipinski definition) is 2. The number of hydrogen-bond acceptors (Lipinski definition) is 3. The molecule has 0 aliphatic heterocycles. The number of benzene rings is 1. The van der Waals surface area contributed by atoms with E-state index in [4.69, 9.17) is 0 Å². The van der Waals surface area contributed by atoms with Gasteiger partial charge in [-0.25, -0.2) is 4.79 Å². The van der Waals surface area contributed by atoms with Crippen LogP contribution in [0.2, 0.25) is 0 Å². The monoisotopic (exact) mass is 321 g/mol. The van der Waals surface area contributed by atoms with Crippen LogP contribution in [0.1, 0.15) is 54.4 Å². The second-order valence-electron chi connectivity index (χ2n) is 5.94. The highest BCUT2D eigenvalue weighted by molar-refractivity contribution is 7.98. The van der Waals surface area contributed by atoms with E-state index in [1.54, 1.807) is 11.8 Å². The van der Waals surface area contributed by atoms with E-state index < -0.39 is 11.5 Å². The molecule has 120 valence electrons. The number of amides is 1. The maximum absolute atomic E-state index is 12.6. The van der Waals surface area contributed by atoms with Crippen LogP contribution in [0.25, 0.3) is 0 Å². The Labute approximate surface area is 135 Å². The van der Waals surface area contributed by atoms with Crippen molar-refractivity contribution in [2.45, 2.75) is 55.9 Å². The minimum atomic E-state index is -1.12. The number of nitrogens with one attached hydrogen (secondary N) is 1. The van der Waals surface area contributed by atoms with Crippen LogP contribution in [0.15, 0.2) is 23.1 Å². The van der Waals surface area contributed by atoms with Gasteiger partial charge in [-0.15, -0.1) is 11.8 Å². The van der Waals surface area contributed by atoms with Crippen LogP contribution >= 0.6 is 11.8 Å². The van der Waals surface area contributed by atoms with Crippen LogP contribution in [-0.4, -0.2) is 28.8 Å². The van der Waals surface area contributed by atoms with E-state index in [1.165, 1.54) is 0 Å². The smallest absolute Gasteiger partial charge is 0.329 e. The minimum Gasteiger partial charge on any atom is -0.480 e. The molecule has 1 aliphatic rings. The van der Waals surface area contributed by atoms with Crippen molar-refractivity contribution in [3.8, 4) is 0 Å². The fourth-order valence-electron chi connectivity index (χ4n) is 2.98. The molecule has 5 heteroatoms. The molecule has 0 saturated heterocycles. The summed E-state index contributed by atoms with van der Waals surface area (Å²) in [5.74, 6) is -1.20. The van der Waals surface area contributed by atoms with E-state index >= 15 is 0 Å². The molecule has 0 radical (unpaired) electrons. The van der Waals surface area contributed by atoms with Crippen LogP contribution in [0.4, 0.5) is 0 Å². The zero-order valence-electron chi connectivity index (χ0n) is 13.1. The third kappa shape index (κ3) is 3.64. The standard InChI is InChI=1S/C17H23NO3S/c1-12-7-8-13(22-2)11-14(12)15(19)18-17(16(20)21)9-5-3-4-6-10-17/h7-8,11H,3-6,9-10H2,1-2H3,(H,18,19)(H,20,21). The summed E-state index contributed by atoms with van der Waals surface area (Å²) in [5.41, 5.74) is 0.316. The number of aliphatic carboxylic acids is 1. The molecular weight excluding hydrogens is 298 g/mol. The number of carboxylic acids is 1. The van der Waals surface area contributed by atoms with Gasteiger partial charge in [-0.3, -0.25) is 4.79 Å². The van der Waals surface area contributed by atoms with Crippen LogP contribution in [0.5, 0.6) is 0 Å². The Morgan fingerprint density at radius 2 is 1.82 bits per heavy atom. The first-order valence-electron chi connectivity index (χ1n) is 7.69. The Bertz CT molecular complexity index is 563. The highest BCUT2D eigenvalue weighted by atomic mass is 32.2. The molecule has 2 rings (SSSR count). The van der Waals surface area contributed by atoms with E-state index in [-0.39, 0.29) is 5.91 Å². The fraction of sp³-hybridized carbons (Fsp3) is 0.529. The molecule has 0 heterocycles. The number of thioether (sulfide) groups is 1. The second kappa shape index (κ2) is 7.18. The average molecular weight is 321 g/mol. The summed E-state index contributed by atoms with van der Waals surface area (Å²) in [7, 11) is 0. The molecule has 1 aromatic rings. The summed E-state index contributed by atoms with van der Waals surface area (Å²) in [6.45, 7) is 1.87. The predicted molar refractivity (Wildman–Crippen MR) is 88.5 cm³/mol. The lowest BCUT2D eigenvalue weighted by Gasteiger charge is -2.29. The van der Waals surface area contributed by atoms with E-state index in [2.05, 4.69) is 5.32 Å². The number of carbonyl (C=O) groups excluding carboxylic acids is 1. The number of rotatable bonds is 4. The second-order valence-corrected chi connectivity index (χ2v) is 6.82. The van der Waals surface area contributed by atoms with E-state index in [0.29, 0.717) is 18.4 Å². The number of aryl methyl sites for hydroxylation is 1. The van der Waals surface area contributed by atoms with Crippen molar-refractivity contribution in [1.82, 2.24) is 5.32 Å². The molecule has 0 aromatic heterocycles. The molecule has 0 atom stereocenters. The summed E-state index contributed by atoms with van der Waals surface area (Å²) in [5, 5.41) is 12.5. The van der Waals surface area contributed by atoms with Crippen LogP contribution in [0.3, 0.4) is 0 Å². The van der Waals surface area contributed by atoms with Crippen LogP contribution in [0, 0.1) is 6.92 Å². The first kappa shape index (κ1) is 16.9.